The van der Waals surface area contributed by atoms with Crippen LogP contribution in [0, 0.1) is 0 Å². The third-order valence-corrected chi connectivity index (χ3v) is 3.78. The van der Waals surface area contributed by atoms with E-state index in [4.69, 9.17) is 9.84 Å². The van der Waals surface area contributed by atoms with Gasteiger partial charge in [0, 0.05) is 31.2 Å². The van der Waals surface area contributed by atoms with E-state index in [0.29, 0.717) is 18.7 Å². The molecule has 0 bridgehead atoms. The highest BCUT2D eigenvalue weighted by Crippen LogP contribution is 2.21. The predicted octanol–water partition coefficient (Wildman–Crippen LogP) is 1.78. The van der Waals surface area contributed by atoms with E-state index in [1.165, 1.54) is 6.20 Å². The Morgan fingerprint density at radius 3 is 2.78 bits per heavy atom. The molecule has 0 spiro atoms. The third kappa shape index (κ3) is 3.03. The first-order valence-electron chi connectivity index (χ1n) is 7.39. The van der Waals surface area contributed by atoms with Gasteiger partial charge in [-0.3, -0.25) is 0 Å². The molecular formula is C16H17N3O4. The molecule has 0 amide bonds. The number of carbonyl (C=O) groups is 2. The first kappa shape index (κ1) is 15.1. The molecule has 0 unspecified atom stereocenters. The van der Waals surface area contributed by atoms with Crippen molar-refractivity contribution in [3.05, 3.63) is 47.4 Å². The van der Waals surface area contributed by atoms with Crippen molar-refractivity contribution in [1.82, 2.24) is 9.55 Å². The number of rotatable bonds is 4. The monoisotopic (exact) mass is 315 g/mol. The maximum Gasteiger partial charge on any atom is 0.339 e. The lowest BCUT2D eigenvalue weighted by Gasteiger charge is -2.29. The molecule has 0 fully saturated rings. The Bertz CT molecular complexity index is 736. The van der Waals surface area contributed by atoms with E-state index in [1.807, 2.05) is 16.8 Å². The van der Waals surface area contributed by atoms with Gasteiger partial charge in [0.25, 0.3) is 0 Å². The van der Waals surface area contributed by atoms with Crippen LogP contribution in [-0.4, -0.2) is 39.7 Å². The highest BCUT2D eigenvalue weighted by molar-refractivity contribution is 5.89. The second kappa shape index (κ2) is 6.12. The summed E-state index contributed by atoms with van der Waals surface area (Å²) in [5.41, 5.74) is 1.72. The number of ether oxygens (including phenoxy) is 1. The number of aromatic nitrogens is 2. The number of pyridine rings is 1. The fraction of sp³-hybridized carbons (Fsp3) is 0.312. The Balaban J connectivity index is 1.77. The number of hydrogen-bond acceptors (Lipinski definition) is 5. The third-order valence-electron chi connectivity index (χ3n) is 3.78. The molecular weight excluding hydrogens is 298 g/mol. The van der Waals surface area contributed by atoms with Crippen molar-refractivity contribution in [2.45, 2.75) is 20.0 Å². The molecule has 0 saturated carbocycles. The van der Waals surface area contributed by atoms with Gasteiger partial charge in [0.15, 0.2) is 0 Å². The molecule has 3 heterocycles. The topological polar surface area (TPSA) is 84.7 Å². The SMILES string of the molecule is CCOC(=O)c1cc2n(c1)CCN(c1ccc(C(=O)O)cn1)C2. The molecule has 7 heteroatoms. The molecule has 0 radical (unpaired) electrons. The predicted molar refractivity (Wildman–Crippen MR) is 82.6 cm³/mol. The number of anilines is 1. The quantitative estimate of drug-likeness (QED) is 0.866. The molecule has 1 aliphatic heterocycles. The van der Waals surface area contributed by atoms with Crippen LogP contribution in [0.15, 0.2) is 30.6 Å². The van der Waals surface area contributed by atoms with Crippen molar-refractivity contribution in [2.24, 2.45) is 0 Å². The number of nitrogens with zero attached hydrogens (tertiary/aromatic N) is 3. The molecule has 2 aromatic rings. The summed E-state index contributed by atoms with van der Waals surface area (Å²) < 4.78 is 7.05. The molecule has 7 nitrogen and oxygen atoms in total. The minimum absolute atomic E-state index is 0.165. The maximum atomic E-state index is 11.8. The highest BCUT2D eigenvalue weighted by atomic mass is 16.5. The van der Waals surface area contributed by atoms with E-state index in [-0.39, 0.29) is 11.5 Å². The summed E-state index contributed by atoms with van der Waals surface area (Å²) in [5, 5.41) is 8.91. The second-order valence-electron chi connectivity index (χ2n) is 5.27. The van der Waals surface area contributed by atoms with E-state index in [9.17, 15) is 9.59 Å². The van der Waals surface area contributed by atoms with Gasteiger partial charge in [-0.25, -0.2) is 14.6 Å². The summed E-state index contributed by atoms with van der Waals surface area (Å²) >= 11 is 0. The van der Waals surface area contributed by atoms with Gasteiger partial charge >= 0.3 is 11.9 Å². The number of carbonyl (C=O) groups excluding carboxylic acids is 1. The van der Waals surface area contributed by atoms with E-state index in [2.05, 4.69) is 9.88 Å². The zero-order valence-electron chi connectivity index (χ0n) is 12.7. The van der Waals surface area contributed by atoms with Crippen LogP contribution >= 0.6 is 0 Å². The van der Waals surface area contributed by atoms with Crippen LogP contribution in [0.4, 0.5) is 5.82 Å². The fourth-order valence-corrected chi connectivity index (χ4v) is 2.62. The van der Waals surface area contributed by atoms with E-state index in [1.54, 1.807) is 19.1 Å². The fourth-order valence-electron chi connectivity index (χ4n) is 2.62. The Morgan fingerprint density at radius 2 is 2.13 bits per heavy atom. The van der Waals surface area contributed by atoms with Gasteiger partial charge in [0.1, 0.15) is 5.82 Å². The largest absolute Gasteiger partial charge is 0.478 e. The Kier molecular flexibility index (Phi) is 4.01. The molecule has 2 aromatic heterocycles. The van der Waals surface area contributed by atoms with Crippen LogP contribution in [-0.2, 0) is 17.8 Å². The normalized spacial score (nSPS) is 13.5. The Labute approximate surface area is 133 Å². The van der Waals surface area contributed by atoms with E-state index >= 15 is 0 Å². The average Bonchev–Trinajstić information content (AvgIpc) is 2.98. The summed E-state index contributed by atoms with van der Waals surface area (Å²) in [7, 11) is 0. The maximum absolute atomic E-state index is 11.8. The molecule has 0 saturated heterocycles. The highest BCUT2D eigenvalue weighted by Gasteiger charge is 2.21. The lowest BCUT2D eigenvalue weighted by atomic mass is 10.2. The first-order chi connectivity index (χ1) is 11.1. The summed E-state index contributed by atoms with van der Waals surface area (Å²) in [4.78, 5) is 28.9. The number of hydrogen-bond donors (Lipinski definition) is 1. The summed E-state index contributed by atoms with van der Waals surface area (Å²) in [6, 6.07) is 5.08. The van der Waals surface area contributed by atoms with Gasteiger partial charge in [0.2, 0.25) is 0 Å². The molecule has 1 aliphatic rings. The lowest BCUT2D eigenvalue weighted by Crippen LogP contribution is -2.33. The molecule has 0 aromatic carbocycles. The first-order valence-corrected chi connectivity index (χ1v) is 7.39. The van der Waals surface area contributed by atoms with Crippen LogP contribution in [0.5, 0.6) is 0 Å². The minimum Gasteiger partial charge on any atom is -0.478 e. The van der Waals surface area contributed by atoms with Crippen LogP contribution in [0.25, 0.3) is 0 Å². The van der Waals surface area contributed by atoms with Crippen LogP contribution in [0.3, 0.4) is 0 Å². The summed E-state index contributed by atoms with van der Waals surface area (Å²) in [6.07, 6.45) is 3.17. The van der Waals surface area contributed by atoms with Gasteiger partial charge in [-0.15, -0.1) is 0 Å². The van der Waals surface area contributed by atoms with E-state index < -0.39 is 5.97 Å². The van der Waals surface area contributed by atoms with Gasteiger partial charge < -0.3 is 19.3 Å². The number of fused-ring (bicyclic) bond motifs is 1. The number of carboxylic acid groups (broad SMARTS) is 1. The zero-order chi connectivity index (χ0) is 16.4. The Hall–Kier alpha value is -2.83. The zero-order valence-corrected chi connectivity index (χ0v) is 12.7. The van der Waals surface area contributed by atoms with E-state index in [0.717, 1.165) is 24.6 Å². The van der Waals surface area contributed by atoms with Crippen molar-refractivity contribution in [2.75, 3.05) is 18.1 Å². The molecule has 1 N–H and O–H groups in total. The molecule has 120 valence electrons. The van der Waals surface area contributed by atoms with Gasteiger partial charge in [0.05, 0.1) is 24.3 Å². The van der Waals surface area contributed by atoms with Crippen molar-refractivity contribution in [3.8, 4) is 0 Å². The van der Waals surface area contributed by atoms with Crippen LogP contribution in [0.1, 0.15) is 33.3 Å². The van der Waals surface area contributed by atoms with Crippen molar-refractivity contribution >= 4 is 17.8 Å². The molecule has 0 aliphatic carbocycles. The Morgan fingerprint density at radius 1 is 1.30 bits per heavy atom. The number of esters is 1. The van der Waals surface area contributed by atoms with Crippen molar-refractivity contribution in [3.63, 3.8) is 0 Å². The lowest BCUT2D eigenvalue weighted by molar-refractivity contribution is 0.0525. The standard InChI is InChI=1S/C16H17N3O4/c1-2-23-16(22)12-7-13-10-19(6-5-18(13)9-12)14-4-3-11(8-17-14)15(20)21/h3-4,7-9H,2,5-6,10H2,1H3,(H,20,21). The smallest absolute Gasteiger partial charge is 0.339 e. The average molecular weight is 315 g/mol. The minimum atomic E-state index is -0.990. The molecule has 23 heavy (non-hydrogen) atoms. The number of carboxylic acids is 1. The van der Waals surface area contributed by atoms with Crippen molar-refractivity contribution < 1.29 is 19.4 Å². The van der Waals surface area contributed by atoms with Gasteiger partial charge in [-0.2, -0.15) is 0 Å². The summed E-state index contributed by atoms with van der Waals surface area (Å²) in [5.74, 6) is -0.583. The van der Waals surface area contributed by atoms with Crippen molar-refractivity contribution in [1.29, 1.82) is 0 Å². The van der Waals surface area contributed by atoms with Gasteiger partial charge in [-0.05, 0) is 25.1 Å². The van der Waals surface area contributed by atoms with Crippen LogP contribution in [0.2, 0.25) is 0 Å². The molecule has 3 rings (SSSR count). The second-order valence-corrected chi connectivity index (χ2v) is 5.27. The van der Waals surface area contributed by atoms with Crippen LogP contribution < -0.4 is 4.90 Å². The molecule has 0 atom stereocenters. The summed E-state index contributed by atoms with van der Waals surface area (Å²) in [6.45, 7) is 4.21. The number of aromatic carboxylic acids is 1. The van der Waals surface area contributed by atoms with Gasteiger partial charge in [-0.1, -0.05) is 0 Å².